The van der Waals surface area contributed by atoms with E-state index in [9.17, 15) is 18.3 Å². The molecule has 1 heterocycles. The molecule has 39 heavy (non-hydrogen) atoms. The maximum absolute atomic E-state index is 12.4. The number of aromatic nitrogens is 1. The largest absolute Gasteiger partial charge is 0.494 e. The molecule has 0 bridgehead atoms. The first-order chi connectivity index (χ1) is 18.6. The normalized spacial score (nSPS) is 12.9. The number of ether oxygens (including phenoxy) is 1. The Bertz CT molecular complexity index is 1590. The average molecular weight is 549 g/mol. The summed E-state index contributed by atoms with van der Waals surface area (Å²) in [6.45, 7) is 4.10. The maximum Gasteiger partial charge on any atom is 0.338 e. The molecule has 4 N–H and O–H groups in total. The van der Waals surface area contributed by atoms with Gasteiger partial charge in [-0.25, -0.2) is 18.2 Å². The maximum atomic E-state index is 12.4. The van der Waals surface area contributed by atoms with Crippen molar-refractivity contribution in [3.63, 3.8) is 0 Å². The van der Waals surface area contributed by atoms with Crippen LogP contribution >= 0.6 is 0 Å². The van der Waals surface area contributed by atoms with E-state index in [0.29, 0.717) is 45.5 Å². The number of aromatic hydroxyl groups is 1. The first kappa shape index (κ1) is 27.9. The molecular formula is C29H32N4O5S. The van der Waals surface area contributed by atoms with E-state index in [1.54, 1.807) is 49.4 Å². The van der Waals surface area contributed by atoms with Gasteiger partial charge in [-0.05, 0) is 56.7 Å². The number of anilines is 1. The summed E-state index contributed by atoms with van der Waals surface area (Å²) in [6, 6.07) is 21.2. The summed E-state index contributed by atoms with van der Waals surface area (Å²) in [7, 11) is -3.50. The summed E-state index contributed by atoms with van der Waals surface area (Å²) in [5.74, 6) is -0.541. The minimum Gasteiger partial charge on any atom is -0.494 e. The number of sulfonamides is 1. The number of carbonyl (C=O) groups is 1. The molecule has 3 aromatic carbocycles. The average Bonchev–Trinajstić information content (AvgIpc) is 3.22. The number of hydrogen-bond acceptors (Lipinski definition) is 7. The molecule has 4 aromatic rings. The first-order valence-corrected chi connectivity index (χ1v) is 14.4. The van der Waals surface area contributed by atoms with E-state index in [2.05, 4.69) is 4.98 Å². The predicted octanol–water partition coefficient (Wildman–Crippen LogP) is 4.72. The zero-order valence-corrected chi connectivity index (χ0v) is 22.9. The van der Waals surface area contributed by atoms with Gasteiger partial charge >= 0.3 is 5.97 Å². The standard InChI is InChI=1S/C29H32N4O5S/c1-4-38-29(35)21-10-15-24-25(18-21)32-28(34)26(24)27(20-8-6-5-7-9-20)31-22-11-13-23(14-12-22)33(39(3,36)37)17-16-19(2)30/h5-15,18-19,32,34H,4,16-17,30H2,1-3H3. The summed E-state index contributed by atoms with van der Waals surface area (Å²) < 4.78 is 31.2. The zero-order chi connectivity index (χ0) is 28.2. The quantitative estimate of drug-likeness (QED) is 0.194. The number of aliphatic imine (C=N–C) groups is 1. The van der Waals surface area contributed by atoms with E-state index in [-0.39, 0.29) is 25.1 Å². The minimum absolute atomic E-state index is 0.0932. The highest BCUT2D eigenvalue weighted by molar-refractivity contribution is 7.92. The molecule has 0 fully saturated rings. The van der Waals surface area contributed by atoms with Crippen molar-refractivity contribution in [3.8, 4) is 5.88 Å². The van der Waals surface area contributed by atoms with Crippen LogP contribution in [0.5, 0.6) is 5.88 Å². The van der Waals surface area contributed by atoms with Crippen LogP contribution in [0.15, 0.2) is 77.8 Å². The molecule has 0 amide bonds. The number of esters is 1. The zero-order valence-electron chi connectivity index (χ0n) is 22.1. The van der Waals surface area contributed by atoms with Gasteiger partial charge in [-0.3, -0.25) is 4.31 Å². The van der Waals surface area contributed by atoms with Crippen molar-refractivity contribution < 1.29 is 23.1 Å². The Labute approximate surface area is 228 Å². The lowest BCUT2D eigenvalue weighted by atomic mass is 10.00. The Balaban J connectivity index is 1.78. The van der Waals surface area contributed by atoms with Crippen LogP contribution in [0.1, 0.15) is 41.8 Å². The monoisotopic (exact) mass is 548 g/mol. The Morgan fingerprint density at radius 3 is 2.38 bits per heavy atom. The topological polar surface area (TPSA) is 138 Å². The molecular weight excluding hydrogens is 516 g/mol. The number of nitrogens with one attached hydrogen (secondary N) is 1. The van der Waals surface area contributed by atoms with Gasteiger partial charge in [0.25, 0.3) is 0 Å². The lowest BCUT2D eigenvalue weighted by Crippen LogP contribution is -2.33. The van der Waals surface area contributed by atoms with Gasteiger partial charge in [0.2, 0.25) is 10.0 Å². The number of fused-ring (bicyclic) bond motifs is 1. The van der Waals surface area contributed by atoms with Crippen molar-refractivity contribution in [2.45, 2.75) is 26.3 Å². The molecule has 9 nitrogen and oxygen atoms in total. The number of rotatable bonds is 10. The number of nitrogens with two attached hydrogens (primary N) is 1. The van der Waals surface area contributed by atoms with E-state index >= 15 is 0 Å². The molecule has 0 aliphatic carbocycles. The molecule has 4 rings (SSSR count). The third-order valence-electron chi connectivity index (χ3n) is 6.14. The molecule has 1 unspecified atom stereocenters. The molecule has 0 saturated heterocycles. The van der Waals surface area contributed by atoms with Crippen molar-refractivity contribution in [1.82, 2.24) is 4.98 Å². The highest BCUT2D eigenvalue weighted by Crippen LogP contribution is 2.33. The van der Waals surface area contributed by atoms with Crippen LogP contribution in [-0.2, 0) is 14.8 Å². The molecule has 0 spiro atoms. The fraction of sp³-hybridized carbons (Fsp3) is 0.241. The molecule has 0 radical (unpaired) electrons. The molecule has 1 aromatic heterocycles. The number of aromatic amines is 1. The van der Waals surface area contributed by atoms with Crippen molar-refractivity contribution in [2.75, 3.05) is 23.7 Å². The van der Waals surface area contributed by atoms with Crippen molar-refractivity contribution in [2.24, 2.45) is 10.7 Å². The molecule has 0 aliphatic rings. The number of nitrogens with zero attached hydrogens (tertiary/aromatic N) is 2. The number of benzene rings is 3. The Morgan fingerprint density at radius 2 is 1.77 bits per heavy atom. The second-order valence-electron chi connectivity index (χ2n) is 9.27. The third kappa shape index (κ3) is 6.47. The predicted molar refractivity (Wildman–Crippen MR) is 155 cm³/mol. The van der Waals surface area contributed by atoms with Crippen LogP contribution in [0.2, 0.25) is 0 Å². The SMILES string of the molecule is CCOC(=O)c1ccc2c(C(=Nc3ccc(N(CCC(C)N)S(C)(=O)=O)cc3)c3ccccc3)c(O)[nH]c2c1. The fourth-order valence-corrected chi connectivity index (χ4v) is 5.20. The van der Waals surface area contributed by atoms with Gasteiger partial charge in [0.15, 0.2) is 5.88 Å². The van der Waals surface area contributed by atoms with E-state index in [1.165, 1.54) is 10.6 Å². The first-order valence-electron chi connectivity index (χ1n) is 12.6. The van der Waals surface area contributed by atoms with Gasteiger partial charge in [-0.1, -0.05) is 36.4 Å². The Hall–Kier alpha value is -4.15. The van der Waals surface area contributed by atoms with Crippen LogP contribution in [0.25, 0.3) is 10.9 Å². The smallest absolute Gasteiger partial charge is 0.338 e. The van der Waals surface area contributed by atoms with Crippen LogP contribution in [-0.4, -0.2) is 55.6 Å². The highest BCUT2D eigenvalue weighted by Gasteiger charge is 2.21. The summed E-state index contributed by atoms with van der Waals surface area (Å²) in [5, 5.41) is 11.6. The highest BCUT2D eigenvalue weighted by atomic mass is 32.2. The van der Waals surface area contributed by atoms with Crippen molar-refractivity contribution in [3.05, 3.63) is 89.5 Å². The number of H-pyrrole nitrogens is 1. The summed E-state index contributed by atoms with van der Waals surface area (Å²) in [4.78, 5) is 20.0. The van der Waals surface area contributed by atoms with Crippen LogP contribution in [0, 0.1) is 0 Å². The summed E-state index contributed by atoms with van der Waals surface area (Å²) >= 11 is 0. The molecule has 1 atom stereocenters. The molecule has 0 aliphatic heterocycles. The molecule has 0 saturated carbocycles. The lowest BCUT2D eigenvalue weighted by Gasteiger charge is -2.23. The van der Waals surface area contributed by atoms with Gasteiger partial charge < -0.3 is 20.6 Å². The number of carbonyl (C=O) groups excluding carboxylic acids is 1. The van der Waals surface area contributed by atoms with Crippen LogP contribution in [0.3, 0.4) is 0 Å². The Kier molecular flexibility index (Phi) is 8.37. The Morgan fingerprint density at radius 1 is 1.08 bits per heavy atom. The second-order valence-corrected chi connectivity index (χ2v) is 11.2. The molecule has 10 heteroatoms. The lowest BCUT2D eigenvalue weighted by molar-refractivity contribution is 0.0526. The van der Waals surface area contributed by atoms with E-state index < -0.39 is 16.0 Å². The molecule has 204 valence electrons. The van der Waals surface area contributed by atoms with Gasteiger partial charge in [-0.2, -0.15) is 0 Å². The van der Waals surface area contributed by atoms with Crippen molar-refractivity contribution in [1.29, 1.82) is 0 Å². The van der Waals surface area contributed by atoms with E-state index in [1.807, 2.05) is 37.3 Å². The minimum atomic E-state index is -3.50. The van der Waals surface area contributed by atoms with Gasteiger partial charge in [0.05, 0.1) is 41.1 Å². The number of hydrogen-bond donors (Lipinski definition) is 3. The van der Waals surface area contributed by atoms with Gasteiger partial charge in [0, 0.05) is 29.1 Å². The third-order valence-corrected chi connectivity index (χ3v) is 7.33. The van der Waals surface area contributed by atoms with Gasteiger partial charge in [-0.15, -0.1) is 0 Å². The second kappa shape index (κ2) is 11.7. The van der Waals surface area contributed by atoms with Crippen molar-refractivity contribution >= 4 is 44.0 Å². The summed E-state index contributed by atoms with van der Waals surface area (Å²) in [5.41, 5.74) is 9.60. The van der Waals surface area contributed by atoms with E-state index in [4.69, 9.17) is 15.5 Å². The fourth-order valence-electron chi connectivity index (χ4n) is 4.26. The summed E-state index contributed by atoms with van der Waals surface area (Å²) in [6.07, 6.45) is 1.68. The van der Waals surface area contributed by atoms with Crippen LogP contribution < -0.4 is 10.0 Å². The van der Waals surface area contributed by atoms with E-state index in [0.717, 1.165) is 5.56 Å². The van der Waals surface area contributed by atoms with Crippen LogP contribution in [0.4, 0.5) is 11.4 Å². The van der Waals surface area contributed by atoms with Gasteiger partial charge in [0.1, 0.15) is 0 Å².